The van der Waals surface area contributed by atoms with Gasteiger partial charge in [0.1, 0.15) is 12.4 Å². The highest BCUT2D eigenvalue weighted by atomic mass is 16.6. The van der Waals surface area contributed by atoms with Crippen molar-refractivity contribution in [1.29, 1.82) is 0 Å². The number of aryl methyl sites for hydroxylation is 1. The fourth-order valence-electron chi connectivity index (χ4n) is 0.637. The van der Waals surface area contributed by atoms with E-state index in [9.17, 15) is 4.79 Å². The van der Waals surface area contributed by atoms with E-state index in [-0.39, 0.29) is 6.61 Å². The third-order valence-electron chi connectivity index (χ3n) is 1.11. The van der Waals surface area contributed by atoms with Crippen LogP contribution in [0.4, 0.5) is 0 Å². The van der Waals surface area contributed by atoms with Gasteiger partial charge < -0.3 is 13.6 Å². The predicted octanol–water partition coefficient (Wildman–Crippen LogP) is 0.688. The van der Waals surface area contributed by atoms with Gasteiger partial charge in [-0.05, 0) is 6.92 Å². The van der Waals surface area contributed by atoms with Crippen LogP contribution in [0.5, 0.6) is 0 Å². The molecule has 0 amide bonds. The molecule has 10 heavy (non-hydrogen) atoms. The topological polar surface area (TPSA) is 52.6 Å². The summed E-state index contributed by atoms with van der Waals surface area (Å²) in [6, 6.07) is 0. The highest BCUT2D eigenvalue weighted by molar-refractivity contribution is 4.98. The molecule has 0 saturated carbocycles. The lowest BCUT2D eigenvalue weighted by atomic mass is 10.4. The average molecular weight is 144 g/mol. The number of hydrogen-bond acceptors (Lipinski definition) is 4. The second kappa shape index (κ2) is 2.70. The maximum Gasteiger partial charge on any atom is 0.519 e. The lowest BCUT2D eigenvalue weighted by Crippen LogP contribution is -1.88. The first kappa shape index (κ1) is 7.08. The van der Waals surface area contributed by atoms with Crippen molar-refractivity contribution >= 4 is 0 Å². The Morgan fingerprint density at radius 1 is 1.50 bits per heavy atom. The predicted molar refractivity (Wildman–Crippen MR) is 32.7 cm³/mol. The van der Waals surface area contributed by atoms with Crippen LogP contribution < -0.4 is 5.82 Å². The smallest absolute Gasteiger partial charge is 0.396 e. The molecule has 0 spiro atoms. The fourth-order valence-corrected chi connectivity index (χ4v) is 0.637. The average Bonchev–Trinajstić information content (AvgIpc) is 2.13. The van der Waals surface area contributed by atoms with Crippen LogP contribution in [-0.4, -0.2) is 7.11 Å². The van der Waals surface area contributed by atoms with Gasteiger partial charge in [-0.25, -0.2) is 4.79 Å². The summed E-state index contributed by atoms with van der Waals surface area (Å²) < 4.78 is 13.9. The first-order chi connectivity index (χ1) is 4.74. The Morgan fingerprint density at radius 2 is 2.20 bits per heavy atom. The van der Waals surface area contributed by atoms with Gasteiger partial charge in [0.15, 0.2) is 5.76 Å². The van der Waals surface area contributed by atoms with Gasteiger partial charge in [0.05, 0.1) is 0 Å². The number of methoxy groups -OCH3 is 1. The summed E-state index contributed by atoms with van der Waals surface area (Å²) in [4.78, 5) is 10.4. The van der Waals surface area contributed by atoms with Crippen LogP contribution in [0, 0.1) is 6.92 Å². The van der Waals surface area contributed by atoms with Crippen molar-refractivity contribution in [3.05, 3.63) is 22.1 Å². The Kier molecular flexibility index (Phi) is 1.91. The van der Waals surface area contributed by atoms with Gasteiger partial charge in [0, 0.05) is 7.11 Å². The zero-order valence-electron chi connectivity index (χ0n) is 5.84. The summed E-state index contributed by atoms with van der Waals surface area (Å²) in [7, 11) is 1.52. The van der Waals surface area contributed by atoms with Crippen LogP contribution >= 0.6 is 0 Å². The summed E-state index contributed by atoms with van der Waals surface area (Å²) >= 11 is 0. The minimum Gasteiger partial charge on any atom is -0.396 e. The van der Waals surface area contributed by atoms with Crippen molar-refractivity contribution in [3.8, 4) is 0 Å². The van der Waals surface area contributed by atoms with E-state index in [0.29, 0.717) is 11.5 Å². The quantitative estimate of drug-likeness (QED) is 0.612. The summed E-state index contributed by atoms with van der Waals surface area (Å²) in [5, 5.41) is 0. The molecule has 1 aromatic rings. The Hall–Kier alpha value is -1.03. The van der Waals surface area contributed by atoms with Gasteiger partial charge in [-0.2, -0.15) is 0 Å². The van der Waals surface area contributed by atoms with Crippen molar-refractivity contribution in [2.24, 2.45) is 0 Å². The minimum absolute atomic E-state index is 0.275. The van der Waals surface area contributed by atoms with E-state index in [1.54, 1.807) is 6.92 Å². The zero-order chi connectivity index (χ0) is 7.56. The van der Waals surface area contributed by atoms with Crippen molar-refractivity contribution in [2.45, 2.75) is 13.5 Å². The molecule has 0 aromatic carbocycles. The molecule has 0 saturated heterocycles. The van der Waals surface area contributed by atoms with Crippen molar-refractivity contribution in [2.75, 3.05) is 7.11 Å². The van der Waals surface area contributed by atoms with Gasteiger partial charge in [-0.3, -0.25) is 0 Å². The standard InChI is InChI=1S/C6H8O4/c1-4-5(3-8-2)10-6(7)9-4/h3H2,1-2H3. The van der Waals surface area contributed by atoms with Crippen molar-refractivity contribution in [3.63, 3.8) is 0 Å². The molecule has 1 rings (SSSR count). The summed E-state index contributed by atoms with van der Waals surface area (Å²) in [5.74, 6) is 0.254. The van der Waals surface area contributed by atoms with Crippen LogP contribution in [0.3, 0.4) is 0 Å². The molecule has 4 heteroatoms. The van der Waals surface area contributed by atoms with E-state index in [1.165, 1.54) is 7.11 Å². The Balaban J connectivity index is 2.92. The minimum atomic E-state index is -0.676. The molecule has 0 aliphatic heterocycles. The largest absolute Gasteiger partial charge is 0.519 e. The van der Waals surface area contributed by atoms with E-state index in [2.05, 4.69) is 8.83 Å². The monoisotopic (exact) mass is 144 g/mol. The molecule has 0 aliphatic carbocycles. The first-order valence-corrected chi connectivity index (χ1v) is 2.82. The number of ether oxygens (including phenoxy) is 1. The molecule has 4 nitrogen and oxygen atoms in total. The Labute approximate surface area is 57.4 Å². The summed E-state index contributed by atoms with van der Waals surface area (Å²) in [6.45, 7) is 1.93. The van der Waals surface area contributed by atoms with E-state index in [1.807, 2.05) is 0 Å². The lowest BCUT2D eigenvalue weighted by Gasteiger charge is -1.89. The van der Waals surface area contributed by atoms with Crippen LogP contribution in [0.15, 0.2) is 13.6 Å². The number of rotatable bonds is 2. The number of hydrogen-bond donors (Lipinski definition) is 0. The van der Waals surface area contributed by atoms with Gasteiger partial charge in [0.25, 0.3) is 0 Å². The van der Waals surface area contributed by atoms with Gasteiger partial charge >= 0.3 is 5.82 Å². The van der Waals surface area contributed by atoms with Gasteiger partial charge in [-0.1, -0.05) is 0 Å². The van der Waals surface area contributed by atoms with Crippen LogP contribution in [0.1, 0.15) is 11.5 Å². The van der Waals surface area contributed by atoms with E-state index in [4.69, 9.17) is 4.74 Å². The molecule has 56 valence electrons. The highest BCUT2D eigenvalue weighted by Gasteiger charge is 2.05. The molecule has 0 atom stereocenters. The molecule has 0 fully saturated rings. The molecular formula is C6H8O4. The molecule has 0 aliphatic rings. The Bertz CT molecular complexity index is 257. The first-order valence-electron chi connectivity index (χ1n) is 2.82. The summed E-state index contributed by atoms with van der Waals surface area (Å²) in [5.41, 5.74) is 0. The lowest BCUT2D eigenvalue weighted by molar-refractivity contribution is 0.161. The zero-order valence-corrected chi connectivity index (χ0v) is 5.84. The third kappa shape index (κ3) is 1.27. The highest BCUT2D eigenvalue weighted by Crippen LogP contribution is 2.04. The Morgan fingerprint density at radius 3 is 2.60 bits per heavy atom. The molecule has 1 heterocycles. The SMILES string of the molecule is COCc1oc(=O)oc1C. The third-order valence-corrected chi connectivity index (χ3v) is 1.11. The van der Waals surface area contributed by atoms with Crippen LogP contribution in [-0.2, 0) is 11.3 Å². The maximum atomic E-state index is 10.4. The molecule has 0 unspecified atom stereocenters. The second-order valence-corrected chi connectivity index (χ2v) is 1.87. The van der Waals surface area contributed by atoms with E-state index >= 15 is 0 Å². The second-order valence-electron chi connectivity index (χ2n) is 1.87. The van der Waals surface area contributed by atoms with Gasteiger partial charge in [0.2, 0.25) is 0 Å². The molecular weight excluding hydrogens is 136 g/mol. The molecule has 0 radical (unpaired) electrons. The molecule has 1 aromatic heterocycles. The van der Waals surface area contributed by atoms with Crippen LogP contribution in [0.2, 0.25) is 0 Å². The normalized spacial score (nSPS) is 10.2. The van der Waals surface area contributed by atoms with Crippen molar-refractivity contribution in [1.82, 2.24) is 0 Å². The summed E-state index contributed by atoms with van der Waals surface area (Å²) in [6.07, 6.45) is 0. The molecule has 0 N–H and O–H groups in total. The van der Waals surface area contributed by atoms with E-state index < -0.39 is 5.82 Å². The van der Waals surface area contributed by atoms with E-state index in [0.717, 1.165) is 0 Å². The maximum absolute atomic E-state index is 10.4. The molecule has 0 bridgehead atoms. The van der Waals surface area contributed by atoms with Crippen molar-refractivity contribution < 1.29 is 13.6 Å². The fraction of sp³-hybridized carbons (Fsp3) is 0.500. The van der Waals surface area contributed by atoms with Crippen LogP contribution in [0.25, 0.3) is 0 Å². The van der Waals surface area contributed by atoms with Gasteiger partial charge in [-0.15, -0.1) is 0 Å².